The molecule has 14 amide bonds. The van der Waals surface area contributed by atoms with Crippen LogP contribution in [0, 0.1) is 23.7 Å². The number of rotatable bonds is 59. The summed E-state index contributed by atoms with van der Waals surface area (Å²) in [5.41, 5.74) is 28.2. The number of amides is 14. The van der Waals surface area contributed by atoms with Gasteiger partial charge in [0.05, 0.1) is 25.4 Å². The number of hydrogen-bond donors (Lipinski definition) is 25. The van der Waals surface area contributed by atoms with Gasteiger partial charge in [-0.15, -0.1) is 0 Å². The normalized spacial score (nSPS) is 14.9. The summed E-state index contributed by atoms with van der Waals surface area (Å²) < 4.78 is 0. The van der Waals surface area contributed by atoms with Gasteiger partial charge in [-0.3, -0.25) is 96.4 Å². The van der Waals surface area contributed by atoms with E-state index in [1.165, 1.54) is 27.7 Å². The molecule has 0 aromatic carbocycles. The van der Waals surface area contributed by atoms with Crippen LogP contribution in [0.5, 0.6) is 0 Å². The first kappa shape index (κ1) is 102. The Labute approximate surface area is 652 Å². The van der Waals surface area contributed by atoms with Crippen LogP contribution in [0.15, 0.2) is 0 Å². The molecule has 0 spiro atoms. The van der Waals surface area contributed by atoms with Crippen LogP contribution < -0.4 is 103 Å². The van der Waals surface area contributed by atoms with Crippen molar-refractivity contribution in [1.29, 1.82) is 0 Å². The molecule has 640 valence electrons. The van der Waals surface area contributed by atoms with Gasteiger partial charge in [-0.2, -0.15) is 0 Å². The van der Waals surface area contributed by atoms with Crippen molar-refractivity contribution < 1.29 is 127 Å². The molecular weight excluding hydrogens is 1500 g/mol. The second kappa shape index (κ2) is 53.2. The van der Waals surface area contributed by atoms with Crippen molar-refractivity contribution in [3.63, 3.8) is 0 Å². The van der Waals surface area contributed by atoms with E-state index in [2.05, 4.69) is 74.4 Å². The molecule has 0 unspecified atom stereocenters. The maximum Gasteiger partial charge on any atom is 0.326 e. The van der Waals surface area contributed by atoms with Gasteiger partial charge in [-0.25, -0.2) is 4.79 Å². The lowest BCUT2D eigenvalue weighted by Gasteiger charge is -2.30. The summed E-state index contributed by atoms with van der Waals surface area (Å²) in [6, 6.07) is -21.4. The van der Waals surface area contributed by atoms with Gasteiger partial charge in [-0.1, -0.05) is 61.8 Å². The number of nitrogens with one attached hydrogen (secondary N) is 14. The van der Waals surface area contributed by atoms with Gasteiger partial charge >= 0.3 is 35.8 Å². The molecule has 0 heterocycles. The monoisotopic (exact) mass is 1620 g/mol. The van der Waals surface area contributed by atoms with Crippen LogP contribution in [0.25, 0.3) is 0 Å². The van der Waals surface area contributed by atoms with Crippen LogP contribution in [0.4, 0.5) is 0 Å². The summed E-state index contributed by atoms with van der Waals surface area (Å²) in [5.74, 6) is -26.3. The predicted molar refractivity (Wildman–Crippen MR) is 397 cm³/mol. The first-order valence-corrected chi connectivity index (χ1v) is 36.9. The predicted octanol–water partition coefficient (Wildman–Crippen LogP) is -7.34. The van der Waals surface area contributed by atoms with Gasteiger partial charge in [-0.05, 0) is 114 Å². The fourth-order valence-corrected chi connectivity index (χ4v) is 10.7. The standard InChI is InChI=1S/C68H117N19O26/c1-10-34(8)54(87-63(108)42(19-23-50(94)95)81-60(105)40(17-21-48(90)91)77-56(101)36(70)28-51(96)97)66(111)82-41(18-22-49(92)93)61(106)78-38(15-13-25-74-68(72)73)59(104)80-39(16-20-46(71)88)62(107)84-44(27-32(4)5)64(109)79-37(14-11-12-24-69)58(103)76-35(9)55(100)83-43(26-31(2)3)57(102)75-30-47(89)86-53(33(6)7)65(110)85-45(67(112)113)29-52(98)99/h31-45,53-54,68,74H,10-30,69-70,72-73H2,1-9H3,(H2,71,88)(H,75,102)(H,76,103)(H,77,101)(H,78,106)(H,79,109)(H,80,104)(H,81,105)(H,82,111)(H,83,100)(H,84,107)(H,85,110)(H,86,89)(H,87,108)(H,90,91)(H,92,93)(H,94,95)(H,96,97)(H,98,99)(H,112,113)/t34-,35-,36-,37-,38-,39-,40-,41-,42-,43-,44-,45-,53-,54-/m0/s1. The van der Waals surface area contributed by atoms with Crippen molar-refractivity contribution in [2.45, 2.75) is 263 Å². The molecule has 113 heavy (non-hydrogen) atoms. The van der Waals surface area contributed by atoms with E-state index in [9.17, 15) is 116 Å². The molecule has 45 nitrogen and oxygen atoms in total. The van der Waals surface area contributed by atoms with Gasteiger partial charge in [0.25, 0.3) is 0 Å². The SMILES string of the molecule is CC[C@H](C)[C@H](NC(=O)[C@H](CCC(=O)O)NC(=O)[C@H](CCC(=O)O)NC(=O)[C@@H](N)CC(=O)O)C(=O)N[C@@H](CCC(=O)O)C(=O)N[C@@H](CCCNC(N)N)C(=O)N[C@@H](CCC(N)=O)C(=O)N[C@@H](CC(C)C)C(=O)N[C@@H](CCCCN)C(=O)N[C@@H](C)C(=O)N[C@@H](CC(C)C)C(=O)NCC(=O)N[C@H](C(=O)N[C@@H](CC(=O)O)C(=O)O)C(C)C. The highest BCUT2D eigenvalue weighted by atomic mass is 16.4. The van der Waals surface area contributed by atoms with Crippen LogP contribution in [-0.2, 0) is 95.9 Å². The molecule has 0 saturated heterocycles. The second-order valence-corrected chi connectivity index (χ2v) is 28.3. The fourth-order valence-electron chi connectivity index (χ4n) is 10.7. The van der Waals surface area contributed by atoms with Gasteiger partial charge in [0.15, 0.2) is 0 Å². The zero-order valence-electron chi connectivity index (χ0n) is 65.0. The number of primary amides is 1. The van der Waals surface area contributed by atoms with E-state index < -0.39 is 292 Å². The third-order valence-electron chi connectivity index (χ3n) is 17.1. The molecule has 0 saturated carbocycles. The third kappa shape index (κ3) is 43.0. The van der Waals surface area contributed by atoms with Crippen molar-refractivity contribution in [2.75, 3.05) is 19.6 Å². The van der Waals surface area contributed by atoms with Crippen LogP contribution in [0.1, 0.15) is 178 Å². The molecule has 0 radical (unpaired) electrons. The van der Waals surface area contributed by atoms with Crippen LogP contribution in [0.3, 0.4) is 0 Å². The van der Waals surface area contributed by atoms with E-state index in [1.807, 2.05) is 0 Å². The number of carbonyl (C=O) groups is 20. The average Bonchev–Trinajstić information content (AvgIpc) is 0.837. The summed E-state index contributed by atoms with van der Waals surface area (Å²) in [6.45, 7) is 13.4. The number of aliphatic carboxylic acids is 6. The summed E-state index contributed by atoms with van der Waals surface area (Å²) >= 11 is 0. The second-order valence-electron chi connectivity index (χ2n) is 28.3. The van der Waals surface area contributed by atoms with Gasteiger partial charge in [0, 0.05) is 25.7 Å². The summed E-state index contributed by atoms with van der Waals surface area (Å²) in [6.07, 6.45) is -8.52. The number of carbonyl (C=O) groups excluding carboxylic acids is 14. The molecule has 0 aromatic rings. The maximum absolute atomic E-state index is 14.6. The van der Waals surface area contributed by atoms with E-state index >= 15 is 0 Å². The van der Waals surface area contributed by atoms with Gasteiger partial charge in [0.2, 0.25) is 82.7 Å². The van der Waals surface area contributed by atoms with E-state index in [4.69, 9.17) is 38.9 Å². The molecule has 0 aromatic heterocycles. The smallest absolute Gasteiger partial charge is 0.326 e. The highest BCUT2D eigenvalue weighted by Gasteiger charge is 2.39. The maximum atomic E-state index is 14.6. The minimum absolute atomic E-state index is 0.0128. The van der Waals surface area contributed by atoms with Crippen LogP contribution in [-0.4, -0.2) is 254 Å². The first-order valence-electron chi connectivity index (χ1n) is 36.9. The molecule has 30 N–H and O–H groups in total. The fraction of sp³-hybridized carbons (Fsp3) is 0.706. The molecule has 14 atom stereocenters. The van der Waals surface area contributed by atoms with E-state index in [1.54, 1.807) is 34.6 Å². The zero-order chi connectivity index (χ0) is 86.7. The molecule has 0 aliphatic carbocycles. The molecule has 0 aliphatic heterocycles. The Balaban J connectivity index is 7.21. The topological polar surface area (TPSA) is 761 Å². The summed E-state index contributed by atoms with van der Waals surface area (Å²) in [7, 11) is 0. The molecule has 0 bridgehead atoms. The largest absolute Gasteiger partial charge is 0.481 e. The van der Waals surface area contributed by atoms with Crippen molar-refractivity contribution in [2.24, 2.45) is 52.3 Å². The van der Waals surface area contributed by atoms with Gasteiger partial charge in [0.1, 0.15) is 78.8 Å². The Hall–Kier alpha value is -10.8. The third-order valence-corrected chi connectivity index (χ3v) is 17.1. The highest BCUT2D eigenvalue weighted by molar-refractivity contribution is 6.00. The Morgan fingerprint density at radius 1 is 0.354 bits per heavy atom. The first-order chi connectivity index (χ1) is 52.6. The Kier molecular flexibility index (Phi) is 48.1. The lowest BCUT2D eigenvalue weighted by molar-refractivity contribution is -0.147. The summed E-state index contributed by atoms with van der Waals surface area (Å²) in [4.78, 5) is 262. The number of hydrogen-bond acceptors (Lipinski definition) is 25. The minimum Gasteiger partial charge on any atom is -0.481 e. The Bertz CT molecular complexity index is 3290. The van der Waals surface area contributed by atoms with E-state index in [0.717, 1.165) is 0 Å². The number of carboxylic acid groups (broad SMARTS) is 6. The number of carboxylic acids is 6. The molecule has 0 rings (SSSR count). The molecule has 0 aliphatic rings. The average molecular weight is 1620 g/mol. The molecule has 45 heteroatoms. The highest BCUT2D eigenvalue weighted by Crippen LogP contribution is 2.16. The lowest BCUT2D eigenvalue weighted by atomic mass is 9.96. The van der Waals surface area contributed by atoms with Gasteiger partial charge < -0.3 is 128 Å². The lowest BCUT2D eigenvalue weighted by Crippen LogP contribution is -2.61. The Morgan fingerprint density at radius 2 is 0.717 bits per heavy atom. The number of unbranched alkanes of at least 4 members (excludes halogenated alkanes) is 1. The van der Waals surface area contributed by atoms with Crippen molar-refractivity contribution in [1.82, 2.24) is 74.4 Å². The van der Waals surface area contributed by atoms with Crippen LogP contribution in [0.2, 0.25) is 0 Å². The van der Waals surface area contributed by atoms with Crippen molar-refractivity contribution in [3.05, 3.63) is 0 Å². The quantitative estimate of drug-likeness (QED) is 0.0199. The minimum atomic E-state index is -1.88. The number of nitrogens with two attached hydrogens (primary N) is 5. The zero-order valence-corrected chi connectivity index (χ0v) is 65.0. The van der Waals surface area contributed by atoms with E-state index in [-0.39, 0.29) is 64.0 Å². The van der Waals surface area contributed by atoms with E-state index in [0.29, 0.717) is 6.42 Å². The summed E-state index contributed by atoms with van der Waals surface area (Å²) in [5, 5.41) is 90.0. The molecule has 0 fully saturated rings. The van der Waals surface area contributed by atoms with Crippen molar-refractivity contribution >= 4 is 119 Å². The Morgan fingerprint density at radius 3 is 1.12 bits per heavy atom. The van der Waals surface area contributed by atoms with Crippen LogP contribution >= 0.6 is 0 Å². The van der Waals surface area contributed by atoms with Crippen molar-refractivity contribution in [3.8, 4) is 0 Å². The molecular formula is C68H117N19O26.